The molecule has 0 aliphatic heterocycles. The Morgan fingerprint density at radius 2 is 1.45 bits per heavy atom. The number of alkyl halides is 3. The van der Waals surface area contributed by atoms with E-state index in [1.165, 1.54) is 24.3 Å². The topological polar surface area (TPSA) is 96.9 Å². The summed E-state index contributed by atoms with van der Waals surface area (Å²) in [6.45, 7) is 2.50. The number of rotatable bonds is 12. The van der Waals surface area contributed by atoms with E-state index in [4.69, 9.17) is 9.47 Å². The standard InChI is InChI=1S/C27H27F3N2O5S/c1-2-36-24(25(33)34)17-19-5-11-22(12-6-19)37-16-15-18-3-7-20(8-4-18)31-26(35)32-21-9-13-23(14-10-21)38-27(28,29)30/h3-14,24H,2,15-17H2,1H3,(H,33,34)(H2,31,32,35). The number of urea groups is 1. The van der Waals surface area contributed by atoms with E-state index in [2.05, 4.69) is 10.6 Å². The lowest BCUT2D eigenvalue weighted by Crippen LogP contribution is -2.26. The van der Waals surface area contributed by atoms with E-state index in [0.717, 1.165) is 11.1 Å². The van der Waals surface area contributed by atoms with Crippen LogP contribution >= 0.6 is 11.8 Å². The van der Waals surface area contributed by atoms with Crippen molar-refractivity contribution in [3.05, 3.63) is 83.9 Å². The summed E-state index contributed by atoms with van der Waals surface area (Å²) >= 11 is -0.218. The summed E-state index contributed by atoms with van der Waals surface area (Å²) in [5.74, 6) is -0.331. The van der Waals surface area contributed by atoms with Crippen molar-refractivity contribution >= 4 is 35.1 Å². The average molecular weight is 549 g/mol. The lowest BCUT2D eigenvalue weighted by atomic mass is 10.1. The predicted molar refractivity (Wildman–Crippen MR) is 140 cm³/mol. The molecule has 0 radical (unpaired) electrons. The molecule has 202 valence electrons. The van der Waals surface area contributed by atoms with E-state index < -0.39 is 23.6 Å². The summed E-state index contributed by atoms with van der Waals surface area (Å²) in [7, 11) is 0. The number of hydrogen-bond donors (Lipinski definition) is 3. The van der Waals surface area contributed by atoms with Gasteiger partial charge in [0.15, 0.2) is 6.10 Å². The van der Waals surface area contributed by atoms with Crippen molar-refractivity contribution in [2.75, 3.05) is 23.8 Å². The number of carboxylic acids is 1. The molecule has 0 saturated carbocycles. The fraction of sp³-hybridized carbons (Fsp3) is 0.259. The number of anilines is 2. The monoisotopic (exact) mass is 548 g/mol. The van der Waals surface area contributed by atoms with Crippen LogP contribution in [-0.4, -0.2) is 41.9 Å². The number of carbonyl (C=O) groups excluding carboxylic acids is 1. The first-order valence-electron chi connectivity index (χ1n) is 11.7. The van der Waals surface area contributed by atoms with Crippen LogP contribution in [-0.2, 0) is 22.4 Å². The second-order valence-electron chi connectivity index (χ2n) is 8.08. The second-order valence-corrected chi connectivity index (χ2v) is 9.22. The quantitative estimate of drug-likeness (QED) is 0.221. The van der Waals surface area contributed by atoms with Crippen LogP contribution in [0, 0.1) is 0 Å². The van der Waals surface area contributed by atoms with Crippen LogP contribution in [0.4, 0.5) is 29.3 Å². The molecule has 3 N–H and O–H groups in total. The normalized spacial score (nSPS) is 12.0. The third-order valence-electron chi connectivity index (χ3n) is 5.20. The number of thioether (sulfide) groups is 1. The number of aliphatic carboxylic acids is 1. The van der Waals surface area contributed by atoms with Gasteiger partial charge in [0.05, 0.1) is 6.61 Å². The van der Waals surface area contributed by atoms with E-state index >= 15 is 0 Å². The molecule has 0 aromatic heterocycles. The van der Waals surface area contributed by atoms with Crippen molar-refractivity contribution in [3.8, 4) is 5.75 Å². The first-order chi connectivity index (χ1) is 18.1. The third-order valence-corrected chi connectivity index (χ3v) is 5.94. The summed E-state index contributed by atoms with van der Waals surface area (Å²) in [5.41, 5.74) is -1.62. The van der Waals surface area contributed by atoms with Gasteiger partial charge in [0.2, 0.25) is 0 Å². The average Bonchev–Trinajstić information content (AvgIpc) is 2.86. The third kappa shape index (κ3) is 9.98. The SMILES string of the molecule is CCOC(Cc1ccc(OCCc2ccc(NC(=O)Nc3ccc(SC(F)(F)F)cc3)cc2)cc1)C(=O)O. The zero-order valence-electron chi connectivity index (χ0n) is 20.5. The number of ether oxygens (including phenoxy) is 2. The van der Waals surface area contributed by atoms with E-state index in [0.29, 0.717) is 36.8 Å². The van der Waals surface area contributed by atoms with Crippen molar-refractivity contribution < 1.29 is 37.3 Å². The van der Waals surface area contributed by atoms with E-state index in [-0.39, 0.29) is 23.1 Å². The molecule has 0 bridgehead atoms. The summed E-state index contributed by atoms with van der Waals surface area (Å²) < 4.78 is 48.3. The molecule has 3 aromatic carbocycles. The van der Waals surface area contributed by atoms with Crippen LogP contribution in [0.5, 0.6) is 5.75 Å². The van der Waals surface area contributed by atoms with Crippen LogP contribution in [0.2, 0.25) is 0 Å². The maximum absolute atomic E-state index is 12.4. The number of carbonyl (C=O) groups is 2. The highest BCUT2D eigenvalue weighted by atomic mass is 32.2. The van der Waals surface area contributed by atoms with Crippen molar-refractivity contribution in [2.45, 2.75) is 36.3 Å². The van der Waals surface area contributed by atoms with Gasteiger partial charge in [0, 0.05) is 35.7 Å². The van der Waals surface area contributed by atoms with Gasteiger partial charge in [-0.1, -0.05) is 24.3 Å². The van der Waals surface area contributed by atoms with E-state index in [1.807, 2.05) is 24.3 Å². The van der Waals surface area contributed by atoms with E-state index in [1.54, 1.807) is 31.2 Å². The van der Waals surface area contributed by atoms with Crippen molar-refractivity contribution in [3.63, 3.8) is 0 Å². The Morgan fingerprint density at radius 3 is 1.97 bits per heavy atom. The highest BCUT2D eigenvalue weighted by Gasteiger charge is 2.29. The highest BCUT2D eigenvalue weighted by molar-refractivity contribution is 8.00. The summed E-state index contributed by atoms with van der Waals surface area (Å²) in [6.07, 6.45) is 0.0182. The molecule has 2 amide bonds. The summed E-state index contributed by atoms with van der Waals surface area (Å²) in [4.78, 5) is 23.5. The first kappa shape index (κ1) is 28.9. The molecule has 0 spiro atoms. The molecular weight excluding hydrogens is 521 g/mol. The number of halogens is 3. The van der Waals surface area contributed by atoms with Gasteiger partial charge in [-0.25, -0.2) is 9.59 Å². The minimum Gasteiger partial charge on any atom is -0.493 e. The van der Waals surface area contributed by atoms with Crippen LogP contribution < -0.4 is 15.4 Å². The van der Waals surface area contributed by atoms with Crippen LogP contribution in [0.3, 0.4) is 0 Å². The molecule has 7 nitrogen and oxygen atoms in total. The van der Waals surface area contributed by atoms with Crippen LogP contribution in [0.1, 0.15) is 18.1 Å². The maximum atomic E-state index is 12.4. The van der Waals surface area contributed by atoms with Gasteiger partial charge in [0.25, 0.3) is 0 Å². The molecule has 0 aliphatic carbocycles. The van der Waals surface area contributed by atoms with Crippen molar-refractivity contribution in [2.24, 2.45) is 0 Å². The minimum atomic E-state index is -4.37. The summed E-state index contributed by atoms with van der Waals surface area (Å²) in [5, 5.41) is 14.4. The number of hydrogen-bond acceptors (Lipinski definition) is 5. The Kier molecular flexibility index (Phi) is 10.4. The van der Waals surface area contributed by atoms with Gasteiger partial charge >= 0.3 is 17.5 Å². The largest absolute Gasteiger partial charge is 0.493 e. The molecule has 0 aliphatic rings. The van der Waals surface area contributed by atoms with E-state index in [9.17, 15) is 27.9 Å². The molecule has 38 heavy (non-hydrogen) atoms. The molecule has 11 heteroatoms. The molecule has 1 unspecified atom stereocenters. The van der Waals surface area contributed by atoms with Crippen LogP contribution in [0.15, 0.2) is 77.7 Å². The molecule has 1 atom stereocenters. The molecule has 3 aromatic rings. The van der Waals surface area contributed by atoms with Gasteiger partial charge in [-0.05, 0) is 78.3 Å². The molecular formula is C27H27F3N2O5S. The Labute approximate surface area is 222 Å². The minimum absolute atomic E-state index is 0.0337. The van der Waals surface area contributed by atoms with Gasteiger partial charge in [-0.3, -0.25) is 0 Å². The molecule has 0 fully saturated rings. The zero-order valence-corrected chi connectivity index (χ0v) is 21.3. The number of nitrogens with one attached hydrogen (secondary N) is 2. The fourth-order valence-electron chi connectivity index (χ4n) is 3.43. The van der Waals surface area contributed by atoms with Gasteiger partial charge in [0.1, 0.15) is 5.75 Å². The molecule has 0 heterocycles. The fourth-order valence-corrected chi connectivity index (χ4v) is 3.97. The Bertz CT molecular complexity index is 1190. The lowest BCUT2D eigenvalue weighted by Gasteiger charge is -2.13. The van der Waals surface area contributed by atoms with Gasteiger partial charge in [-0.2, -0.15) is 13.2 Å². The molecule has 3 rings (SSSR count). The second kappa shape index (κ2) is 13.7. The Hall–Kier alpha value is -3.70. The first-order valence-corrected chi connectivity index (χ1v) is 12.5. The lowest BCUT2D eigenvalue weighted by molar-refractivity contribution is -0.149. The number of amides is 2. The van der Waals surface area contributed by atoms with Crippen molar-refractivity contribution in [1.29, 1.82) is 0 Å². The Morgan fingerprint density at radius 1 is 0.895 bits per heavy atom. The molecule has 0 saturated heterocycles. The van der Waals surface area contributed by atoms with Crippen molar-refractivity contribution in [1.82, 2.24) is 0 Å². The van der Waals surface area contributed by atoms with Crippen LogP contribution in [0.25, 0.3) is 0 Å². The highest BCUT2D eigenvalue weighted by Crippen LogP contribution is 2.37. The van der Waals surface area contributed by atoms with Gasteiger partial charge in [-0.15, -0.1) is 0 Å². The summed E-state index contributed by atoms with van der Waals surface area (Å²) in [6, 6.07) is 19.2. The maximum Gasteiger partial charge on any atom is 0.446 e. The smallest absolute Gasteiger partial charge is 0.446 e. The number of carboxylic acid groups (broad SMARTS) is 1. The number of benzene rings is 3. The van der Waals surface area contributed by atoms with Gasteiger partial charge < -0.3 is 25.2 Å². The Balaban J connectivity index is 1.41. The predicted octanol–water partition coefficient (Wildman–Crippen LogP) is 6.60. The zero-order chi connectivity index (χ0) is 27.5.